The van der Waals surface area contributed by atoms with E-state index in [2.05, 4.69) is 33.4 Å². The first-order chi connectivity index (χ1) is 17.8. The number of fused-ring (bicyclic) bond motifs is 1. The highest BCUT2D eigenvalue weighted by Gasteiger charge is 2.44. The van der Waals surface area contributed by atoms with Gasteiger partial charge in [-0.3, -0.25) is 9.89 Å². The number of aromatic amines is 1. The van der Waals surface area contributed by atoms with E-state index in [1.165, 1.54) is 30.6 Å². The molecule has 1 spiro atoms. The summed E-state index contributed by atoms with van der Waals surface area (Å²) >= 11 is 1.79. The molecule has 3 aliphatic rings. The Hall–Kier alpha value is -2.81. The van der Waals surface area contributed by atoms with Gasteiger partial charge in [0, 0.05) is 55.0 Å². The molecule has 3 aromatic rings. The maximum Gasteiger partial charge on any atom is 0.257 e. The standard InChI is InChI=1S/C28H33F2N5OS/c1-2-37-20-4-5-21(24(18-20)34-13-9-27(7-8-27)10-14-34)26(36)31-19-3-6-23-22(17-19)25(33-32-23)35-15-11-28(29,30)12-16-35/h3-6,17-18H,2,7-16H2,1H3,(H,31,36)(H,32,33). The van der Waals surface area contributed by atoms with Gasteiger partial charge in [-0.05, 0) is 73.2 Å². The van der Waals surface area contributed by atoms with Crippen molar-refractivity contribution in [3.63, 3.8) is 0 Å². The van der Waals surface area contributed by atoms with Gasteiger partial charge in [0.2, 0.25) is 0 Å². The molecule has 1 amide bonds. The molecule has 1 aromatic heterocycles. The summed E-state index contributed by atoms with van der Waals surface area (Å²) in [6.07, 6.45) is 4.73. The van der Waals surface area contributed by atoms with Gasteiger partial charge in [-0.2, -0.15) is 5.10 Å². The van der Waals surface area contributed by atoms with Crippen molar-refractivity contribution >= 4 is 45.8 Å². The van der Waals surface area contributed by atoms with Crippen molar-refractivity contribution in [2.75, 3.05) is 47.0 Å². The van der Waals surface area contributed by atoms with Crippen LogP contribution in [0.3, 0.4) is 0 Å². The van der Waals surface area contributed by atoms with Crippen molar-refractivity contribution in [3.8, 4) is 0 Å². The number of thioether (sulfide) groups is 1. The van der Waals surface area contributed by atoms with Crippen molar-refractivity contribution in [1.29, 1.82) is 0 Å². The third-order valence-electron chi connectivity index (χ3n) is 8.24. The van der Waals surface area contributed by atoms with Crippen molar-refractivity contribution in [2.45, 2.75) is 56.3 Å². The predicted octanol–water partition coefficient (Wildman–Crippen LogP) is 6.54. The van der Waals surface area contributed by atoms with E-state index in [1.807, 2.05) is 35.2 Å². The molecule has 196 valence electrons. The summed E-state index contributed by atoms with van der Waals surface area (Å²) in [5, 5.41) is 11.3. The third kappa shape index (κ3) is 5.02. The number of carbonyl (C=O) groups is 1. The van der Waals surface area contributed by atoms with E-state index >= 15 is 0 Å². The number of carbonyl (C=O) groups excluding carboxylic acids is 1. The zero-order chi connectivity index (χ0) is 25.6. The molecule has 2 aliphatic heterocycles. The summed E-state index contributed by atoms with van der Waals surface area (Å²) in [5.74, 6) is -1.11. The normalized spacial score (nSPS) is 20.4. The molecule has 3 fully saturated rings. The number of nitrogens with one attached hydrogen (secondary N) is 2. The molecule has 1 aliphatic carbocycles. The van der Waals surface area contributed by atoms with Crippen LogP contribution in [-0.2, 0) is 0 Å². The SMILES string of the molecule is CCSc1ccc(C(=O)Nc2ccc3[nH]nc(N4CCC(F)(F)CC4)c3c2)c(N2CCC3(CC2)CC3)c1. The molecule has 0 radical (unpaired) electrons. The van der Waals surface area contributed by atoms with E-state index in [-0.39, 0.29) is 31.8 Å². The molecule has 0 atom stereocenters. The molecule has 6 nitrogen and oxygen atoms in total. The summed E-state index contributed by atoms with van der Waals surface area (Å²) in [6, 6.07) is 11.8. The Morgan fingerprint density at radius 3 is 2.43 bits per heavy atom. The number of benzene rings is 2. The van der Waals surface area contributed by atoms with E-state index in [0.717, 1.165) is 35.4 Å². The highest BCUT2D eigenvalue weighted by molar-refractivity contribution is 7.99. The molecule has 1 saturated carbocycles. The second-order valence-corrected chi connectivity index (χ2v) is 12.0. The van der Waals surface area contributed by atoms with Crippen LogP contribution in [0.25, 0.3) is 10.9 Å². The van der Waals surface area contributed by atoms with Crippen LogP contribution in [0.15, 0.2) is 41.3 Å². The van der Waals surface area contributed by atoms with Crippen molar-refractivity contribution in [2.24, 2.45) is 5.41 Å². The molecule has 2 aromatic carbocycles. The van der Waals surface area contributed by atoms with Crippen LogP contribution in [-0.4, -0.2) is 54.0 Å². The van der Waals surface area contributed by atoms with E-state index in [4.69, 9.17) is 0 Å². The second kappa shape index (κ2) is 9.49. The van der Waals surface area contributed by atoms with Crippen LogP contribution in [0.4, 0.5) is 26.0 Å². The number of hydrogen-bond acceptors (Lipinski definition) is 5. The number of anilines is 3. The number of halogens is 2. The van der Waals surface area contributed by atoms with E-state index < -0.39 is 5.92 Å². The fourth-order valence-electron chi connectivity index (χ4n) is 5.68. The first-order valence-corrected chi connectivity index (χ1v) is 14.3. The lowest BCUT2D eigenvalue weighted by atomic mass is 9.93. The lowest BCUT2D eigenvalue weighted by Crippen LogP contribution is -2.39. The topological polar surface area (TPSA) is 64.3 Å². The summed E-state index contributed by atoms with van der Waals surface area (Å²) in [5.41, 5.74) is 3.73. The van der Waals surface area contributed by atoms with Gasteiger partial charge in [-0.1, -0.05) is 6.92 Å². The molecule has 6 rings (SSSR count). The largest absolute Gasteiger partial charge is 0.371 e. The van der Waals surface area contributed by atoms with Gasteiger partial charge in [0.25, 0.3) is 11.8 Å². The molecule has 2 saturated heterocycles. The highest BCUT2D eigenvalue weighted by Crippen LogP contribution is 2.54. The minimum Gasteiger partial charge on any atom is -0.371 e. The number of hydrogen-bond donors (Lipinski definition) is 2. The van der Waals surface area contributed by atoms with Crippen LogP contribution in [0, 0.1) is 5.41 Å². The average Bonchev–Trinajstić information content (AvgIpc) is 3.51. The minimum absolute atomic E-state index is 0.142. The Labute approximate surface area is 220 Å². The van der Waals surface area contributed by atoms with Crippen molar-refractivity contribution < 1.29 is 13.6 Å². The number of H-pyrrole nitrogens is 1. The van der Waals surface area contributed by atoms with Gasteiger partial charge >= 0.3 is 0 Å². The minimum atomic E-state index is -2.61. The van der Waals surface area contributed by atoms with Crippen LogP contribution < -0.4 is 15.1 Å². The maximum atomic E-state index is 13.7. The van der Waals surface area contributed by atoms with Crippen molar-refractivity contribution in [1.82, 2.24) is 10.2 Å². The van der Waals surface area contributed by atoms with Gasteiger partial charge in [-0.15, -0.1) is 11.8 Å². The molecule has 9 heteroatoms. The fraction of sp³-hybridized carbons (Fsp3) is 0.500. The first-order valence-electron chi connectivity index (χ1n) is 13.3. The number of nitrogens with zero attached hydrogens (tertiary/aromatic N) is 3. The van der Waals surface area contributed by atoms with Gasteiger partial charge in [-0.25, -0.2) is 8.78 Å². The van der Waals surface area contributed by atoms with Gasteiger partial charge < -0.3 is 15.1 Å². The monoisotopic (exact) mass is 525 g/mol. The van der Waals surface area contributed by atoms with E-state index in [1.54, 1.807) is 11.8 Å². The Kier molecular flexibility index (Phi) is 6.29. The predicted molar refractivity (Wildman–Crippen MR) is 146 cm³/mol. The van der Waals surface area contributed by atoms with Crippen LogP contribution in [0.5, 0.6) is 0 Å². The van der Waals surface area contributed by atoms with Crippen molar-refractivity contribution in [3.05, 3.63) is 42.0 Å². The zero-order valence-corrected chi connectivity index (χ0v) is 22.0. The molecule has 3 heterocycles. The lowest BCUT2D eigenvalue weighted by Gasteiger charge is -2.35. The molecule has 0 unspecified atom stereocenters. The molecular formula is C28H33F2N5OS. The Bertz CT molecular complexity index is 1300. The Balaban J connectivity index is 1.24. The molecule has 0 bridgehead atoms. The van der Waals surface area contributed by atoms with E-state index in [0.29, 0.717) is 22.5 Å². The van der Waals surface area contributed by atoms with Gasteiger partial charge in [0.15, 0.2) is 5.82 Å². The number of aromatic nitrogens is 2. The highest BCUT2D eigenvalue weighted by atomic mass is 32.2. The fourth-order valence-corrected chi connectivity index (χ4v) is 6.38. The number of rotatable bonds is 6. The van der Waals surface area contributed by atoms with Gasteiger partial charge in [0.05, 0.1) is 16.8 Å². The second-order valence-electron chi connectivity index (χ2n) is 10.7. The number of amides is 1. The van der Waals surface area contributed by atoms with Gasteiger partial charge in [0.1, 0.15) is 0 Å². The number of piperidine rings is 2. The summed E-state index contributed by atoms with van der Waals surface area (Å²) < 4.78 is 27.3. The quantitative estimate of drug-likeness (QED) is 0.358. The summed E-state index contributed by atoms with van der Waals surface area (Å²) in [4.78, 5) is 19.0. The maximum absolute atomic E-state index is 13.7. The zero-order valence-electron chi connectivity index (χ0n) is 21.2. The van der Waals surface area contributed by atoms with Crippen LogP contribution in [0.2, 0.25) is 0 Å². The molecule has 2 N–H and O–H groups in total. The first kappa shape index (κ1) is 24.5. The number of alkyl halides is 2. The molecule has 37 heavy (non-hydrogen) atoms. The third-order valence-corrected chi connectivity index (χ3v) is 9.12. The van der Waals surface area contributed by atoms with Crippen LogP contribution >= 0.6 is 11.8 Å². The van der Waals surface area contributed by atoms with E-state index in [9.17, 15) is 13.6 Å². The van der Waals surface area contributed by atoms with Crippen LogP contribution in [0.1, 0.15) is 55.8 Å². The summed E-state index contributed by atoms with van der Waals surface area (Å²) in [6.45, 7) is 4.62. The average molecular weight is 526 g/mol. The Morgan fingerprint density at radius 2 is 1.73 bits per heavy atom. The lowest BCUT2D eigenvalue weighted by molar-refractivity contribution is -0.0221. The molecular weight excluding hydrogens is 492 g/mol. The smallest absolute Gasteiger partial charge is 0.257 e. The Morgan fingerprint density at radius 1 is 1.00 bits per heavy atom. The summed E-state index contributed by atoms with van der Waals surface area (Å²) in [7, 11) is 0.